The van der Waals surface area contributed by atoms with E-state index < -0.39 is 0 Å². The van der Waals surface area contributed by atoms with E-state index in [1.54, 1.807) is 6.20 Å². The molecule has 0 bridgehead atoms. The summed E-state index contributed by atoms with van der Waals surface area (Å²) in [5.41, 5.74) is 1.00. The molecule has 1 N–H and O–H groups in total. The number of aromatic nitrogens is 4. The van der Waals surface area contributed by atoms with Crippen molar-refractivity contribution in [3.8, 4) is 0 Å². The molecule has 2 aromatic heterocycles. The summed E-state index contributed by atoms with van der Waals surface area (Å²) in [5.74, 6) is 0.0635. The molecule has 7 heteroatoms. The first-order valence-corrected chi connectivity index (χ1v) is 7.66. The molecule has 0 spiro atoms. The highest BCUT2D eigenvalue weighted by Gasteiger charge is 2.04. The van der Waals surface area contributed by atoms with Gasteiger partial charge >= 0.3 is 0 Å². The molecule has 0 radical (unpaired) electrons. The van der Waals surface area contributed by atoms with Crippen molar-refractivity contribution in [2.24, 2.45) is 0 Å². The average Bonchev–Trinajstić information content (AvgIpc) is 3.03. The Morgan fingerprint density at radius 1 is 1.40 bits per heavy atom. The van der Waals surface area contributed by atoms with E-state index in [1.165, 1.54) is 0 Å². The zero-order valence-corrected chi connectivity index (χ0v) is 13.6. The van der Waals surface area contributed by atoms with Crippen LogP contribution in [0.15, 0.2) is 24.7 Å². The number of halogens is 1. The van der Waals surface area contributed by atoms with Gasteiger partial charge < -0.3 is 5.32 Å². The highest BCUT2D eigenvalue weighted by molar-refractivity contribution is 14.1. The van der Waals surface area contributed by atoms with Gasteiger partial charge in [-0.15, -0.1) is 0 Å². The number of rotatable bonds is 7. The maximum atomic E-state index is 11.7. The average molecular weight is 387 g/mol. The topological polar surface area (TPSA) is 64.7 Å². The van der Waals surface area contributed by atoms with Crippen LogP contribution in [-0.4, -0.2) is 32.0 Å². The largest absolute Gasteiger partial charge is 0.356 e. The smallest absolute Gasteiger partial charge is 0.221 e. The van der Waals surface area contributed by atoms with Gasteiger partial charge in [0, 0.05) is 44.6 Å². The van der Waals surface area contributed by atoms with Crippen LogP contribution in [0.25, 0.3) is 0 Å². The van der Waals surface area contributed by atoms with Gasteiger partial charge in [0.1, 0.15) is 0 Å². The molecule has 1 amide bonds. The van der Waals surface area contributed by atoms with E-state index >= 15 is 0 Å². The summed E-state index contributed by atoms with van der Waals surface area (Å²) in [5, 5.41) is 11.4. The lowest BCUT2D eigenvalue weighted by Crippen LogP contribution is -2.26. The molecule has 0 atom stereocenters. The Balaban J connectivity index is 1.60. The van der Waals surface area contributed by atoms with E-state index in [1.807, 2.05) is 34.7 Å². The molecule has 0 aliphatic heterocycles. The molecular weight excluding hydrogens is 369 g/mol. The first kappa shape index (κ1) is 15.0. The SMILES string of the molecule is Cc1nn(CCC(=O)NCCCn2cccn2)cc1I. The monoisotopic (exact) mass is 387 g/mol. The van der Waals surface area contributed by atoms with Crippen molar-refractivity contribution in [2.75, 3.05) is 6.54 Å². The predicted octanol–water partition coefficient (Wildman–Crippen LogP) is 1.59. The number of nitrogens with zero attached hydrogens (tertiary/aromatic N) is 4. The maximum absolute atomic E-state index is 11.7. The molecule has 0 aromatic carbocycles. The number of hydrogen-bond donors (Lipinski definition) is 1. The molecule has 6 nitrogen and oxygen atoms in total. The van der Waals surface area contributed by atoms with Crippen molar-refractivity contribution in [1.29, 1.82) is 0 Å². The highest BCUT2D eigenvalue weighted by atomic mass is 127. The summed E-state index contributed by atoms with van der Waals surface area (Å²) in [4.78, 5) is 11.7. The quantitative estimate of drug-likeness (QED) is 0.580. The van der Waals surface area contributed by atoms with E-state index in [9.17, 15) is 4.79 Å². The molecule has 0 aliphatic rings. The minimum atomic E-state index is 0.0635. The lowest BCUT2D eigenvalue weighted by molar-refractivity contribution is -0.121. The first-order valence-electron chi connectivity index (χ1n) is 6.59. The van der Waals surface area contributed by atoms with Crippen molar-refractivity contribution in [3.63, 3.8) is 0 Å². The summed E-state index contributed by atoms with van der Waals surface area (Å²) in [6, 6.07) is 1.89. The van der Waals surface area contributed by atoms with E-state index in [0.29, 0.717) is 19.5 Å². The normalized spacial score (nSPS) is 10.7. The highest BCUT2D eigenvalue weighted by Crippen LogP contribution is 2.08. The molecule has 108 valence electrons. The fourth-order valence-corrected chi connectivity index (χ4v) is 2.24. The Hall–Kier alpha value is -1.38. The number of aryl methyl sites for hydroxylation is 3. The molecule has 2 rings (SSSR count). The van der Waals surface area contributed by atoms with Crippen LogP contribution in [0.1, 0.15) is 18.5 Å². The van der Waals surface area contributed by atoms with E-state index in [0.717, 1.165) is 22.2 Å². The summed E-state index contributed by atoms with van der Waals surface area (Å²) in [6.07, 6.45) is 6.97. The van der Waals surface area contributed by atoms with Crippen LogP contribution >= 0.6 is 22.6 Å². The Bertz CT molecular complexity index is 530. The van der Waals surface area contributed by atoms with E-state index in [2.05, 4.69) is 38.1 Å². The molecule has 2 aromatic rings. The Morgan fingerprint density at radius 2 is 2.25 bits per heavy atom. The van der Waals surface area contributed by atoms with Crippen molar-refractivity contribution in [3.05, 3.63) is 33.9 Å². The van der Waals surface area contributed by atoms with Crippen molar-refractivity contribution < 1.29 is 4.79 Å². The summed E-state index contributed by atoms with van der Waals surface area (Å²) < 4.78 is 4.81. The zero-order chi connectivity index (χ0) is 14.4. The van der Waals surface area contributed by atoms with Gasteiger partial charge in [-0.05, 0) is 42.0 Å². The summed E-state index contributed by atoms with van der Waals surface area (Å²) in [6.45, 7) is 4.08. The zero-order valence-electron chi connectivity index (χ0n) is 11.4. The predicted molar refractivity (Wildman–Crippen MR) is 84.2 cm³/mol. The Labute approximate surface area is 131 Å². The number of hydrogen-bond acceptors (Lipinski definition) is 3. The molecule has 0 aliphatic carbocycles. The van der Waals surface area contributed by atoms with Gasteiger partial charge in [-0.2, -0.15) is 10.2 Å². The van der Waals surface area contributed by atoms with Crippen molar-refractivity contribution >= 4 is 28.5 Å². The molecule has 2 heterocycles. The fourth-order valence-electron chi connectivity index (χ4n) is 1.81. The summed E-state index contributed by atoms with van der Waals surface area (Å²) in [7, 11) is 0. The van der Waals surface area contributed by atoms with Crippen LogP contribution in [0.3, 0.4) is 0 Å². The first-order chi connectivity index (χ1) is 9.65. The van der Waals surface area contributed by atoms with Gasteiger partial charge in [-0.3, -0.25) is 14.2 Å². The molecule has 0 saturated heterocycles. The van der Waals surface area contributed by atoms with E-state index in [4.69, 9.17) is 0 Å². The van der Waals surface area contributed by atoms with Gasteiger partial charge in [-0.1, -0.05) is 0 Å². The van der Waals surface area contributed by atoms with Gasteiger partial charge in [0.25, 0.3) is 0 Å². The second-order valence-electron chi connectivity index (χ2n) is 4.55. The summed E-state index contributed by atoms with van der Waals surface area (Å²) >= 11 is 2.24. The van der Waals surface area contributed by atoms with Gasteiger partial charge in [-0.25, -0.2) is 0 Å². The van der Waals surface area contributed by atoms with Crippen LogP contribution in [0.5, 0.6) is 0 Å². The molecule has 0 unspecified atom stereocenters. The minimum Gasteiger partial charge on any atom is -0.356 e. The van der Waals surface area contributed by atoms with Crippen LogP contribution in [0.2, 0.25) is 0 Å². The second-order valence-corrected chi connectivity index (χ2v) is 5.71. The third-order valence-corrected chi connectivity index (χ3v) is 3.96. The molecule has 0 saturated carbocycles. The molecule has 20 heavy (non-hydrogen) atoms. The lowest BCUT2D eigenvalue weighted by atomic mass is 10.3. The Kier molecular flexibility index (Phi) is 5.57. The van der Waals surface area contributed by atoms with Crippen molar-refractivity contribution in [1.82, 2.24) is 24.9 Å². The maximum Gasteiger partial charge on any atom is 0.221 e. The number of nitrogens with one attached hydrogen (secondary N) is 1. The van der Waals surface area contributed by atoms with Crippen LogP contribution < -0.4 is 5.32 Å². The van der Waals surface area contributed by atoms with Crippen molar-refractivity contribution in [2.45, 2.75) is 32.9 Å². The van der Waals surface area contributed by atoms with Crippen LogP contribution in [-0.2, 0) is 17.9 Å². The third-order valence-electron chi connectivity index (χ3n) is 2.90. The van der Waals surface area contributed by atoms with Gasteiger partial charge in [0.15, 0.2) is 0 Å². The number of carbonyl (C=O) groups excluding carboxylic acids is 1. The van der Waals surface area contributed by atoms with Gasteiger partial charge in [0.2, 0.25) is 5.91 Å². The molecule has 0 fully saturated rings. The fraction of sp³-hybridized carbons (Fsp3) is 0.462. The van der Waals surface area contributed by atoms with Gasteiger partial charge in [0.05, 0.1) is 9.26 Å². The Morgan fingerprint density at radius 3 is 2.90 bits per heavy atom. The molecular formula is C13H18IN5O. The lowest BCUT2D eigenvalue weighted by Gasteiger charge is -2.05. The number of carbonyl (C=O) groups is 1. The second kappa shape index (κ2) is 7.41. The van der Waals surface area contributed by atoms with Crippen LogP contribution in [0.4, 0.5) is 0 Å². The third kappa shape index (κ3) is 4.62. The van der Waals surface area contributed by atoms with E-state index in [-0.39, 0.29) is 5.91 Å². The minimum absolute atomic E-state index is 0.0635. The number of amides is 1. The van der Waals surface area contributed by atoms with Crippen LogP contribution in [0, 0.1) is 10.5 Å². The standard InChI is InChI=1S/C13H18IN5O/c1-11-12(14)10-19(17-11)9-4-13(20)15-5-2-7-18-8-3-6-16-18/h3,6,8,10H,2,4-5,7,9H2,1H3,(H,15,20).